The average Bonchev–Trinajstić information content (AvgIpc) is 2.79. The molecule has 0 spiro atoms. The highest BCUT2D eigenvalue weighted by atomic mass is 32.2. The fourth-order valence-corrected chi connectivity index (χ4v) is 3.94. The average molecular weight is 443 g/mol. The van der Waals surface area contributed by atoms with E-state index in [0.717, 1.165) is 32.0 Å². The molecule has 0 amide bonds. The summed E-state index contributed by atoms with van der Waals surface area (Å²) in [6.07, 6.45) is 5.43. The molecule has 3 rings (SSSR count). The Hall–Kier alpha value is -3.08. The summed E-state index contributed by atoms with van der Waals surface area (Å²) in [5, 5.41) is -0.0698. The van der Waals surface area contributed by atoms with E-state index in [1.165, 1.54) is 29.6 Å². The Balaban J connectivity index is 1.63. The molecular formula is C27H22O2S2. The molecule has 0 saturated carbocycles. The number of rotatable bonds is 7. The van der Waals surface area contributed by atoms with Gasteiger partial charge in [-0.2, -0.15) is 0 Å². The Morgan fingerprint density at radius 2 is 1.13 bits per heavy atom. The van der Waals surface area contributed by atoms with Crippen LogP contribution in [-0.2, 0) is 9.59 Å². The molecule has 31 heavy (non-hydrogen) atoms. The van der Waals surface area contributed by atoms with Crippen molar-refractivity contribution in [2.75, 3.05) is 0 Å². The van der Waals surface area contributed by atoms with Crippen LogP contribution >= 0.6 is 23.5 Å². The van der Waals surface area contributed by atoms with E-state index in [1.807, 2.05) is 54.6 Å². The third-order valence-electron chi connectivity index (χ3n) is 4.39. The van der Waals surface area contributed by atoms with Crippen LogP contribution in [-0.4, -0.2) is 10.2 Å². The van der Waals surface area contributed by atoms with Crippen molar-refractivity contribution in [2.45, 2.75) is 16.7 Å². The second kappa shape index (κ2) is 10.8. The summed E-state index contributed by atoms with van der Waals surface area (Å²) in [6, 6.07) is 24.1. The van der Waals surface area contributed by atoms with Gasteiger partial charge in [0.2, 0.25) is 10.2 Å². The fraction of sp³-hybridized carbons (Fsp3) is 0.0370. The predicted molar refractivity (Wildman–Crippen MR) is 134 cm³/mol. The Morgan fingerprint density at radius 1 is 0.710 bits per heavy atom. The first-order chi connectivity index (χ1) is 14.9. The lowest BCUT2D eigenvalue weighted by molar-refractivity contribution is -0.108. The van der Waals surface area contributed by atoms with Crippen molar-refractivity contribution in [3.05, 3.63) is 109 Å². The summed E-state index contributed by atoms with van der Waals surface area (Å²) >= 11 is 2.37. The van der Waals surface area contributed by atoms with Gasteiger partial charge in [-0.1, -0.05) is 73.8 Å². The summed E-state index contributed by atoms with van der Waals surface area (Å²) in [5.41, 5.74) is 4.94. The first kappa shape index (κ1) is 22.6. The Morgan fingerprint density at radius 3 is 1.61 bits per heavy atom. The Kier molecular flexibility index (Phi) is 7.88. The quantitative estimate of drug-likeness (QED) is 0.215. The van der Waals surface area contributed by atoms with E-state index in [9.17, 15) is 9.59 Å². The molecule has 0 saturated heterocycles. The molecule has 4 heteroatoms. The molecule has 0 bridgehead atoms. The maximum absolute atomic E-state index is 11.7. The summed E-state index contributed by atoms with van der Waals surface area (Å²) in [5.74, 6) is 0. The second-order valence-corrected chi connectivity index (χ2v) is 8.97. The van der Waals surface area contributed by atoms with Crippen molar-refractivity contribution < 1.29 is 9.59 Å². The van der Waals surface area contributed by atoms with Crippen molar-refractivity contribution in [3.63, 3.8) is 0 Å². The third-order valence-corrected chi connectivity index (χ3v) is 6.31. The minimum Gasteiger partial charge on any atom is -0.282 e. The smallest absolute Gasteiger partial charge is 0.219 e. The zero-order valence-corrected chi connectivity index (χ0v) is 18.8. The van der Waals surface area contributed by atoms with Crippen LogP contribution in [0.3, 0.4) is 0 Å². The minimum atomic E-state index is -0.0577. The number of thioether (sulfide) groups is 2. The lowest BCUT2D eigenvalue weighted by atomic mass is 10.0. The first-order valence-corrected chi connectivity index (χ1v) is 11.3. The van der Waals surface area contributed by atoms with E-state index in [0.29, 0.717) is 5.57 Å². The Bertz CT molecular complexity index is 1120. The van der Waals surface area contributed by atoms with Gasteiger partial charge < -0.3 is 0 Å². The molecule has 0 aliphatic heterocycles. The molecule has 0 N–H and O–H groups in total. The molecule has 3 aromatic carbocycles. The van der Waals surface area contributed by atoms with Gasteiger partial charge in [-0.25, -0.2) is 0 Å². The van der Waals surface area contributed by atoms with Gasteiger partial charge >= 0.3 is 0 Å². The number of hydrogen-bond donors (Lipinski definition) is 0. The molecule has 0 unspecified atom stereocenters. The van der Waals surface area contributed by atoms with Crippen LogP contribution in [0.25, 0.3) is 23.3 Å². The van der Waals surface area contributed by atoms with E-state index in [2.05, 4.69) is 43.5 Å². The van der Waals surface area contributed by atoms with Crippen LogP contribution in [0, 0.1) is 0 Å². The molecular weight excluding hydrogens is 420 g/mol. The molecule has 0 atom stereocenters. The first-order valence-electron chi connectivity index (χ1n) is 9.65. The van der Waals surface area contributed by atoms with Crippen LogP contribution in [0.1, 0.15) is 18.1 Å². The highest BCUT2D eigenvalue weighted by Gasteiger charge is 2.05. The van der Waals surface area contributed by atoms with Crippen LogP contribution in [0.5, 0.6) is 0 Å². The number of hydrogen-bond acceptors (Lipinski definition) is 4. The fourth-order valence-electron chi connectivity index (χ4n) is 2.69. The summed E-state index contributed by atoms with van der Waals surface area (Å²) in [4.78, 5) is 25.0. The molecule has 3 aromatic rings. The SMILES string of the molecule is C=CC(=O)Sc1ccc(-c2ccc(C=Cc3ccc(SC(=O)C(=C)C)cc3)cc2)cc1. The maximum atomic E-state index is 11.7. The molecule has 0 fully saturated rings. The molecule has 2 nitrogen and oxygen atoms in total. The van der Waals surface area contributed by atoms with Crippen LogP contribution < -0.4 is 0 Å². The van der Waals surface area contributed by atoms with Gasteiger partial charge in [-0.3, -0.25) is 9.59 Å². The van der Waals surface area contributed by atoms with E-state index in [1.54, 1.807) is 6.92 Å². The lowest BCUT2D eigenvalue weighted by Crippen LogP contribution is -1.90. The van der Waals surface area contributed by atoms with Crippen molar-refractivity contribution in [1.29, 1.82) is 0 Å². The second-order valence-electron chi connectivity index (χ2n) is 6.84. The summed E-state index contributed by atoms with van der Waals surface area (Å²) < 4.78 is 0. The largest absolute Gasteiger partial charge is 0.282 e. The standard InChI is InChI=1S/C27H22O2S2/c1-4-26(28)30-24-17-13-23(14-18-24)22-11-7-20(8-12-22)5-6-21-9-15-25(16-10-21)31-27(29)19(2)3/h4-18H,1-2H2,3H3. The number of carbonyl (C=O) groups is 2. The molecule has 0 radical (unpaired) electrons. The Labute approximate surface area is 191 Å². The number of carbonyl (C=O) groups excluding carboxylic acids is 2. The summed E-state index contributed by atoms with van der Waals surface area (Å²) in [6.45, 7) is 8.89. The van der Waals surface area contributed by atoms with Crippen LogP contribution in [0.15, 0.2) is 107 Å². The predicted octanol–water partition coefficient (Wildman–Crippen LogP) is 7.52. The van der Waals surface area contributed by atoms with Gasteiger partial charge in [0.25, 0.3) is 0 Å². The van der Waals surface area contributed by atoms with Gasteiger partial charge in [0.1, 0.15) is 0 Å². The highest BCUT2D eigenvalue weighted by Crippen LogP contribution is 2.26. The van der Waals surface area contributed by atoms with E-state index in [4.69, 9.17) is 0 Å². The minimum absolute atomic E-state index is 0.0120. The van der Waals surface area contributed by atoms with Crippen LogP contribution in [0.4, 0.5) is 0 Å². The normalized spacial score (nSPS) is 10.7. The molecule has 0 aromatic heterocycles. The molecule has 0 heterocycles. The number of benzene rings is 3. The van der Waals surface area contributed by atoms with E-state index < -0.39 is 0 Å². The van der Waals surface area contributed by atoms with Gasteiger partial charge in [-0.05, 0) is 88.6 Å². The molecule has 0 aliphatic carbocycles. The third kappa shape index (κ3) is 6.71. The van der Waals surface area contributed by atoms with Gasteiger partial charge in [0.15, 0.2) is 0 Å². The maximum Gasteiger partial charge on any atom is 0.219 e. The van der Waals surface area contributed by atoms with Crippen molar-refractivity contribution in [3.8, 4) is 11.1 Å². The van der Waals surface area contributed by atoms with E-state index in [-0.39, 0.29) is 10.2 Å². The highest BCUT2D eigenvalue weighted by molar-refractivity contribution is 8.14. The van der Waals surface area contributed by atoms with Crippen molar-refractivity contribution in [1.82, 2.24) is 0 Å². The van der Waals surface area contributed by atoms with E-state index >= 15 is 0 Å². The lowest BCUT2D eigenvalue weighted by Gasteiger charge is -2.04. The monoisotopic (exact) mass is 442 g/mol. The van der Waals surface area contributed by atoms with Gasteiger partial charge in [-0.15, -0.1) is 0 Å². The van der Waals surface area contributed by atoms with Crippen molar-refractivity contribution in [2.24, 2.45) is 0 Å². The van der Waals surface area contributed by atoms with Gasteiger partial charge in [0, 0.05) is 9.79 Å². The zero-order valence-electron chi connectivity index (χ0n) is 17.2. The van der Waals surface area contributed by atoms with Crippen molar-refractivity contribution >= 4 is 45.9 Å². The van der Waals surface area contributed by atoms with Gasteiger partial charge in [0.05, 0.1) is 0 Å². The topological polar surface area (TPSA) is 34.1 Å². The molecule has 154 valence electrons. The van der Waals surface area contributed by atoms with Crippen LogP contribution in [0.2, 0.25) is 0 Å². The summed E-state index contributed by atoms with van der Waals surface area (Å²) in [7, 11) is 0. The zero-order chi connectivity index (χ0) is 22.2. The molecule has 0 aliphatic rings.